The molecular weight excluding hydrogens is 384 g/mol. The summed E-state index contributed by atoms with van der Waals surface area (Å²) in [7, 11) is 0. The highest BCUT2D eigenvalue weighted by atomic mass is 16.6. The Kier molecular flexibility index (Phi) is 9.97. The number of rotatable bonds is 14. The van der Waals surface area contributed by atoms with Gasteiger partial charge in [-0.15, -0.1) is 5.10 Å². The van der Waals surface area contributed by atoms with Crippen LogP contribution in [0.2, 0.25) is 0 Å². The average Bonchev–Trinajstić information content (AvgIpc) is 3.10. The first-order chi connectivity index (χ1) is 14.4. The Balaban J connectivity index is 1.72. The Bertz CT molecular complexity index is 625. The summed E-state index contributed by atoms with van der Waals surface area (Å²) in [6, 6.07) is 0. The molecule has 1 aliphatic carbocycles. The summed E-state index contributed by atoms with van der Waals surface area (Å²) in [5, 5.41) is 27.7. The molecule has 1 aromatic rings. The molecule has 1 amide bonds. The van der Waals surface area contributed by atoms with E-state index < -0.39 is 11.7 Å². The van der Waals surface area contributed by atoms with Crippen molar-refractivity contribution >= 4 is 6.09 Å². The molecule has 0 spiro atoms. The molecule has 9 heteroatoms. The molecule has 9 nitrogen and oxygen atoms in total. The van der Waals surface area contributed by atoms with Gasteiger partial charge in [-0.2, -0.15) is 0 Å². The molecule has 0 bridgehead atoms. The summed E-state index contributed by atoms with van der Waals surface area (Å²) in [5.74, 6) is 0.911. The molecule has 0 radical (unpaired) electrons. The number of tetrazole rings is 1. The van der Waals surface area contributed by atoms with Crippen molar-refractivity contribution in [3.05, 3.63) is 5.82 Å². The Labute approximate surface area is 180 Å². The number of alkyl carbamates (subject to hydrolysis) is 1. The first-order valence-electron chi connectivity index (χ1n) is 11.5. The fourth-order valence-corrected chi connectivity index (χ4v) is 3.71. The van der Waals surface area contributed by atoms with Crippen LogP contribution in [0, 0.1) is 0 Å². The van der Waals surface area contributed by atoms with Crippen LogP contribution in [-0.4, -0.2) is 56.7 Å². The number of aliphatic hydroxyl groups is 1. The maximum atomic E-state index is 11.7. The Morgan fingerprint density at radius 1 is 1.10 bits per heavy atom. The van der Waals surface area contributed by atoms with E-state index in [2.05, 4.69) is 26.2 Å². The summed E-state index contributed by atoms with van der Waals surface area (Å²) >= 11 is 0. The number of nitrogens with one attached hydrogen (secondary N) is 2. The third-order valence-electron chi connectivity index (χ3n) is 5.43. The lowest BCUT2D eigenvalue weighted by Crippen LogP contribution is -2.50. The maximum absolute atomic E-state index is 11.7. The molecule has 1 aliphatic rings. The Hall–Kier alpha value is -1.74. The number of carbonyl (C=O) groups excluding carboxylic acids is 1. The van der Waals surface area contributed by atoms with Gasteiger partial charge >= 0.3 is 6.09 Å². The van der Waals surface area contributed by atoms with Gasteiger partial charge in [-0.25, -0.2) is 9.48 Å². The fourth-order valence-electron chi connectivity index (χ4n) is 3.71. The number of carbonyl (C=O) groups is 1. The number of unbranched alkanes of at least 4 members (excludes halogenated alkanes) is 5. The average molecular weight is 425 g/mol. The predicted octanol–water partition coefficient (Wildman–Crippen LogP) is 2.89. The number of hydrogen-bond acceptors (Lipinski definition) is 7. The van der Waals surface area contributed by atoms with E-state index in [0.717, 1.165) is 50.9 Å². The van der Waals surface area contributed by atoms with Crippen LogP contribution in [0.15, 0.2) is 0 Å². The van der Waals surface area contributed by atoms with E-state index >= 15 is 0 Å². The lowest BCUT2D eigenvalue weighted by Gasteiger charge is -2.41. The molecule has 3 N–H and O–H groups in total. The number of amides is 1. The molecule has 0 saturated heterocycles. The zero-order valence-electron chi connectivity index (χ0n) is 19.0. The molecular formula is C21H40N6O3. The summed E-state index contributed by atoms with van der Waals surface area (Å²) in [6.45, 7) is 7.99. The van der Waals surface area contributed by atoms with E-state index in [4.69, 9.17) is 9.84 Å². The highest BCUT2D eigenvalue weighted by Crippen LogP contribution is 2.40. The van der Waals surface area contributed by atoms with Crippen molar-refractivity contribution in [2.75, 3.05) is 19.7 Å². The molecule has 1 fully saturated rings. The van der Waals surface area contributed by atoms with E-state index in [0.29, 0.717) is 19.7 Å². The van der Waals surface area contributed by atoms with Crippen LogP contribution in [-0.2, 0) is 16.8 Å². The third kappa shape index (κ3) is 8.18. The lowest BCUT2D eigenvalue weighted by atomic mass is 9.76. The topological polar surface area (TPSA) is 114 Å². The lowest BCUT2D eigenvalue weighted by molar-refractivity contribution is 0.0526. The Morgan fingerprint density at radius 2 is 1.80 bits per heavy atom. The van der Waals surface area contributed by atoms with Gasteiger partial charge in [-0.05, 0) is 76.3 Å². The van der Waals surface area contributed by atoms with Crippen molar-refractivity contribution in [3.63, 3.8) is 0 Å². The van der Waals surface area contributed by atoms with Gasteiger partial charge in [0.15, 0.2) is 5.82 Å². The van der Waals surface area contributed by atoms with Gasteiger partial charge in [0.2, 0.25) is 0 Å². The number of aromatic nitrogens is 4. The molecule has 1 saturated carbocycles. The molecule has 1 aromatic heterocycles. The standard InChI is InChI=1S/C21H40N6O3/c1-20(2,3)30-19(29)22-14-11-16-27-18(24-25-26-27)21(12-10-13-21)23-15-8-6-4-5-7-9-17-28/h23,28H,4-17H2,1-3H3,(H,22,29). The molecule has 0 unspecified atom stereocenters. The van der Waals surface area contributed by atoms with Gasteiger partial charge in [0, 0.05) is 19.7 Å². The zero-order valence-corrected chi connectivity index (χ0v) is 19.0. The highest BCUT2D eigenvalue weighted by Gasteiger charge is 2.42. The molecule has 0 aromatic carbocycles. The van der Waals surface area contributed by atoms with Crippen molar-refractivity contribution in [2.45, 2.75) is 103 Å². The van der Waals surface area contributed by atoms with E-state index in [-0.39, 0.29) is 5.54 Å². The van der Waals surface area contributed by atoms with Crippen molar-refractivity contribution < 1.29 is 14.6 Å². The smallest absolute Gasteiger partial charge is 0.407 e. The van der Waals surface area contributed by atoms with Gasteiger partial charge < -0.3 is 20.5 Å². The van der Waals surface area contributed by atoms with Crippen LogP contribution in [0.1, 0.15) is 90.8 Å². The Morgan fingerprint density at radius 3 is 2.43 bits per heavy atom. The van der Waals surface area contributed by atoms with Crippen LogP contribution in [0.5, 0.6) is 0 Å². The van der Waals surface area contributed by atoms with Crippen molar-refractivity contribution in [1.29, 1.82) is 0 Å². The molecule has 172 valence electrons. The first-order valence-corrected chi connectivity index (χ1v) is 11.5. The summed E-state index contributed by atoms with van der Waals surface area (Å²) in [4.78, 5) is 11.7. The summed E-state index contributed by atoms with van der Waals surface area (Å²) in [6.07, 6.45) is 10.4. The van der Waals surface area contributed by atoms with Crippen molar-refractivity contribution in [3.8, 4) is 0 Å². The summed E-state index contributed by atoms with van der Waals surface area (Å²) < 4.78 is 7.13. The zero-order chi connectivity index (χ0) is 21.9. The normalized spacial score (nSPS) is 15.6. The number of aliphatic hydroxyl groups excluding tert-OH is 1. The molecule has 0 aliphatic heterocycles. The van der Waals surface area contributed by atoms with E-state index in [9.17, 15) is 4.79 Å². The number of hydrogen-bond donors (Lipinski definition) is 3. The minimum atomic E-state index is -0.491. The third-order valence-corrected chi connectivity index (χ3v) is 5.43. The van der Waals surface area contributed by atoms with Crippen molar-refractivity contribution in [1.82, 2.24) is 30.8 Å². The molecule has 0 atom stereocenters. The maximum Gasteiger partial charge on any atom is 0.407 e. The largest absolute Gasteiger partial charge is 0.444 e. The quantitative estimate of drug-likeness (QED) is 0.393. The summed E-state index contributed by atoms with van der Waals surface area (Å²) in [5.41, 5.74) is -0.603. The van der Waals surface area contributed by atoms with Crippen LogP contribution in [0.3, 0.4) is 0 Å². The fraction of sp³-hybridized carbons (Fsp3) is 0.905. The van der Waals surface area contributed by atoms with Gasteiger partial charge in [0.05, 0.1) is 5.54 Å². The van der Waals surface area contributed by atoms with Gasteiger partial charge in [0.1, 0.15) is 5.60 Å². The van der Waals surface area contributed by atoms with Crippen molar-refractivity contribution in [2.24, 2.45) is 0 Å². The number of ether oxygens (including phenoxy) is 1. The minimum absolute atomic E-state index is 0.112. The van der Waals surface area contributed by atoms with E-state index in [1.54, 1.807) is 0 Å². The molecule has 1 heterocycles. The van der Waals surface area contributed by atoms with Gasteiger partial charge in [-0.1, -0.05) is 25.7 Å². The SMILES string of the molecule is CC(C)(C)OC(=O)NCCCn1nnnc1C1(NCCCCCCCCO)CCC1. The number of aryl methyl sites for hydroxylation is 1. The molecule has 2 rings (SSSR count). The van der Waals surface area contributed by atoms with Crippen LogP contribution in [0.25, 0.3) is 0 Å². The number of nitrogens with zero attached hydrogens (tertiary/aromatic N) is 4. The van der Waals surface area contributed by atoms with Gasteiger partial charge in [-0.3, -0.25) is 0 Å². The second kappa shape index (κ2) is 12.2. The minimum Gasteiger partial charge on any atom is -0.444 e. The monoisotopic (exact) mass is 424 g/mol. The highest BCUT2D eigenvalue weighted by molar-refractivity contribution is 5.67. The van der Waals surface area contributed by atoms with E-state index in [1.165, 1.54) is 25.7 Å². The second-order valence-electron chi connectivity index (χ2n) is 9.22. The van der Waals surface area contributed by atoms with E-state index in [1.807, 2.05) is 25.5 Å². The predicted molar refractivity (Wildman–Crippen MR) is 115 cm³/mol. The second-order valence-corrected chi connectivity index (χ2v) is 9.22. The van der Waals surface area contributed by atoms with Crippen LogP contribution in [0.4, 0.5) is 4.79 Å². The van der Waals surface area contributed by atoms with Crippen LogP contribution < -0.4 is 10.6 Å². The van der Waals surface area contributed by atoms with Gasteiger partial charge in [0.25, 0.3) is 0 Å². The first kappa shape index (κ1) is 24.5. The van der Waals surface area contributed by atoms with Crippen LogP contribution >= 0.6 is 0 Å². The molecule has 30 heavy (non-hydrogen) atoms.